The number of aliphatic hydroxyl groups is 1. The molecule has 3 N–H and O–H groups in total. The van der Waals surface area contributed by atoms with Crippen LogP contribution >= 0.6 is 0 Å². The summed E-state index contributed by atoms with van der Waals surface area (Å²) >= 11 is 0. The lowest BCUT2D eigenvalue weighted by Crippen LogP contribution is -2.39. The van der Waals surface area contributed by atoms with Crippen LogP contribution in [0.4, 0.5) is 0 Å². The van der Waals surface area contributed by atoms with Gasteiger partial charge in [0.1, 0.15) is 6.23 Å². The van der Waals surface area contributed by atoms with E-state index < -0.39 is 12.1 Å². The van der Waals surface area contributed by atoms with Crippen molar-refractivity contribution in [3.05, 3.63) is 25.4 Å². The van der Waals surface area contributed by atoms with Gasteiger partial charge in [-0.1, -0.05) is 13.2 Å². The molecule has 0 aromatic rings. The minimum Gasteiger partial charge on any atom is -0.373 e. The Labute approximate surface area is 119 Å². The maximum absolute atomic E-state index is 11.9. The molecule has 0 aromatic carbocycles. The van der Waals surface area contributed by atoms with Crippen molar-refractivity contribution in [1.29, 1.82) is 0 Å². The van der Waals surface area contributed by atoms with Crippen molar-refractivity contribution in [3.63, 3.8) is 0 Å². The Morgan fingerprint density at radius 1 is 1.25 bits per heavy atom. The van der Waals surface area contributed by atoms with Gasteiger partial charge in [-0.25, -0.2) is 0 Å². The number of rotatable bonds is 8. The van der Waals surface area contributed by atoms with Gasteiger partial charge in [0.15, 0.2) is 0 Å². The highest BCUT2D eigenvalue weighted by atomic mass is 16.3. The molecule has 0 aliphatic carbocycles. The van der Waals surface area contributed by atoms with Crippen LogP contribution in [0.15, 0.2) is 25.4 Å². The number of nitrogens with one attached hydrogen (secondary N) is 2. The van der Waals surface area contributed by atoms with Gasteiger partial charge in [0.2, 0.25) is 11.8 Å². The summed E-state index contributed by atoms with van der Waals surface area (Å²) < 4.78 is 0. The summed E-state index contributed by atoms with van der Waals surface area (Å²) in [5.41, 5.74) is 0. The number of hydrogen-bond donors (Lipinski definition) is 3. The normalized spacial score (nSPS) is 21.4. The molecule has 1 fully saturated rings. The van der Waals surface area contributed by atoms with Crippen molar-refractivity contribution in [2.45, 2.75) is 25.5 Å². The summed E-state index contributed by atoms with van der Waals surface area (Å²) in [4.78, 5) is 24.4. The van der Waals surface area contributed by atoms with E-state index in [-0.39, 0.29) is 11.8 Å². The van der Waals surface area contributed by atoms with E-state index >= 15 is 0 Å². The van der Waals surface area contributed by atoms with Crippen molar-refractivity contribution in [2.75, 3.05) is 19.6 Å². The van der Waals surface area contributed by atoms with Gasteiger partial charge in [-0.15, -0.1) is 0 Å². The first-order valence-corrected chi connectivity index (χ1v) is 6.84. The lowest BCUT2D eigenvalue weighted by Gasteiger charge is -2.20. The molecule has 1 saturated heterocycles. The summed E-state index contributed by atoms with van der Waals surface area (Å²) in [6, 6.07) is 0. The van der Waals surface area contributed by atoms with Crippen molar-refractivity contribution < 1.29 is 14.7 Å². The predicted octanol–water partition coefficient (Wildman–Crippen LogP) is -0.0312. The third-order valence-corrected chi connectivity index (χ3v) is 3.36. The minimum absolute atomic E-state index is 0.128. The van der Waals surface area contributed by atoms with Crippen LogP contribution in [0.3, 0.4) is 0 Å². The van der Waals surface area contributed by atoms with Crippen LogP contribution in [0.1, 0.15) is 19.3 Å². The second kappa shape index (κ2) is 8.37. The minimum atomic E-state index is -0.778. The summed E-state index contributed by atoms with van der Waals surface area (Å²) in [6.07, 6.45) is 4.20. The monoisotopic (exact) mass is 281 g/mol. The quantitative estimate of drug-likeness (QED) is 0.431. The fraction of sp³-hybridized carbons (Fsp3) is 0.571. The zero-order valence-electron chi connectivity index (χ0n) is 11.7. The lowest BCUT2D eigenvalue weighted by molar-refractivity contribution is -0.129. The molecule has 0 radical (unpaired) electrons. The average molecular weight is 281 g/mol. The van der Waals surface area contributed by atoms with E-state index in [1.165, 1.54) is 6.08 Å². The molecule has 20 heavy (non-hydrogen) atoms. The Kier molecular flexibility index (Phi) is 6.79. The van der Waals surface area contributed by atoms with Gasteiger partial charge in [-0.05, 0) is 31.5 Å². The third kappa shape index (κ3) is 4.70. The van der Waals surface area contributed by atoms with E-state index in [0.717, 1.165) is 12.8 Å². The highest BCUT2D eigenvalue weighted by Gasteiger charge is 2.35. The van der Waals surface area contributed by atoms with Crippen molar-refractivity contribution in [1.82, 2.24) is 15.5 Å². The van der Waals surface area contributed by atoms with Crippen molar-refractivity contribution in [2.24, 2.45) is 5.92 Å². The molecule has 1 heterocycles. The van der Waals surface area contributed by atoms with Crippen LogP contribution < -0.4 is 10.6 Å². The number of carbonyl (C=O) groups excluding carboxylic acids is 2. The molecule has 0 aromatic heterocycles. The van der Waals surface area contributed by atoms with Gasteiger partial charge >= 0.3 is 0 Å². The highest BCUT2D eigenvalue weighted by Crippen LogP contribution is 2.22. The first kappa shape index (κ1) is 16.2. The molecule has 1 aliphatic heterocycles. The van der Waals surface area contributed by atoms with E-state index in [2.05, 4.69) is 23.8 Å². The molecule has 0 saturated carbocycles. The Hall–Kier alpha value is -1.82. The number of nitrogens with zero attached hydrogens (tertiary/aromatic N) is 1. The molecule has 112 valence electrons. The number of likely N-dealkylation sites (tertiary alicyclic amines) is 1. The summed E-state index contributed by atoms with van der Waals surface area (Å²) in [5.74, 6) is -0.710. The van der Waals surface area contributed by atoms with Gasteiger partial charge in [0.05, 0.1) is 5.92 Å². The van der Waals surface area contributed by atoms with E-state index in [0.29, 0.717) is 26.1 Å². The molecule has 2 atom stereocenters. The standard InChI is InChI=1S/C14H23N3O3/c1-3-12(18)15-8-5-6-9-16-13(19)11-7-10-17(4-2)14(11)20/h3-4,11,14,20H,1-2,5-10H2,(H,15,18)(H,16,19). The van der Waals surface area contributed by atoms with Gasteiger partial charge in [-0.2, -0.15) is 0 Å². The summed E-state index contributed by atoms with van der Waals surface area (Å²) in [5, 5.41) is 15.4. The molecule has 0 spiro atoms. The van der Waals surface area contributed by atoms with Crippen LogP contribution in [-0.2, 0) is 9.59 Å². The number of amides is 2. The maximum atomic E-state index is 11.9. The van der Waals surface area contributed by atoms with E-state index in [4.69, 9.17) is 0 Å². The third-order valence-electron chi connectivity index (χ3n) is 3.36. The second-order valence-electron chi connectivity index (χ2n) is 4.72. The van der Waals surface area contributed by atoms with Crippen molar-refractivity contribution in [3.8, 4) is 0 Å². The van der Waals surface area contributed by atoms with Crippen molar-refractivity contribution >= 4 is 11.8 Å². The number of hydrogen-bond acceptors (Lipinski definition) is 4. The van der Waals surface area contributed by atoms with E-state index in [1.807, 2.05) is 0 Å². The predicted molar refractivity (Wildman–Crippen MR) is 76.5 cm³/mol. The van der Waals surface area contributed by atoms with Gasteiger partial charge in [0.25, 0.3) is 0 Å². The Morgan fingerprint density at radius 3 is 2.45 bits per heavy atom. The van der Waals surface area contributed by atoms with Gasteiger partial charge < -0.3 is 20.6 Å². The SMILES string of the molecule is C=CC(=O)NCCCCNC(=O)C1CCN(C=C)C1O. The number of unbranched alkanes of at least 4 members (excludes halogenated alkanes) is 1. The van der Waals surface area contributed by atoms with E-state index in [1.54, 1.807) is 11.1 Å². The second-order valence-corrected chi connectivity index (χ2v) is 4.72. The molecule has 6 nitrogen and oxygen atoms in total. The highest BCUT2D eigenvalue weighted by molar-refractivity contribution is 5.86. The Balaban J connectivity index is 2.13. The van der Waals surface area contributed by atoms with Crippen LogP contribution in [0.5, 0.6) is 0 Å². The van der Waals surface area contributed by atoms with Crippen LogP contribution in [0, 0.1) is 5.92 Å². The lowest BCUT2D eigenvalue weighted by atomic mass is 10.1. The first-order valence-electron chi connectivity index (χ1n) is 6.84. The molecule has 2 amide bonds. The molecule has 1 rings (SSSR count). The number of carbonyl (C=O) groups is 2. The maximum Gasteiger partial charge on any atom is 0.243 e. The summed E-state index contributed by atoms with van der Waals surface area (Å²) in [6.45, 7) is 8.71. The average Bonchev–Trinajstić information content (AvgIpc) is 2.83. The fourth-order valence-corrected chi connectivity index (χ4v) is 2.14. The molecule has 2 unspecified atom stereocenters. The van der Waals surface area contributed by atoms with Gasteiger partial charge in [-0.3, -0.25) is 9.59 Å². The molecule has 6 heteroatoms. The van der Waals surface area contributed by atoms with Gasteiger partial charge in [0, 0.05) is 19.6 Å². The molecule has 1 aliphatic rings. The van der Waals surface area contributed by atoms with Crippen LogP contribution in [0.25, 0.3) is 0 Å². The van der Waals surface area contributed by atoms with Crippen LogP contribution in [-0.4, -0.2) is 47.7 Å². The smallest absolute Gasteiger partial charge is 0.243 e. The topological polar surface area (TPSA) is 81.7 Å². The molecule has 0 bridgehead atoms. The zero-order valence-corrected chi connectivity index (χ0v) is 11.7. The Bertz CT molecular complexity index is 371. The largest absolute Gasteiger partial charge is 0.373 e. The van der Waals surface area contributed by atoms with E-state index in [9.17, 15) is 14.7 Å². The zero-order chi connectivity index (χ0) is 15.0. The first-order chi connectivity index (χ1) is 9.60. The summed E-state index contributed by atoms with van der Waals surface area (Å²) in [7, 11) is 0. The molecular formula is C14H23N3O3. The van der Waals surface area contributed by atoms with Crippen LogP contribution in [0.2, 0.25) is 0 Å². The fourth-order valence-electron chi connectivity index (χ4n) is 2.14. The molecular weight excluding hydrogens is 258 g/mol. The Morgan fingerprint density at radius 2 is 1.90 bits per heavy atom. The number of aliphatic hydroxyl groups excluding tert-OH is 1.